The molecule has 1 rings (SSSR count). The second-order valence-electron chi connectivity index (χ2n) is 2.25. The van der Waals surface area contributed by atoms with Gasteiger partial charge in [-0.15, -0.1) is 0 Å². The van der Waals surface area contributed by atoms with E-state index in [9.17, 15) is 4.79 Å². The highest BCUT2D eigenvalue weighted by Crippen LogP contribution is 2.14. The van der Waals surface area contributed by atoms with Crippen molar-refractivity contribution in [3.05, 3.63) is 0 Å². The number of cyclic esters (lactones) is 1. The number of carbonyl (C=O) groups is 1. The third kappa shape index (κ3) is 1.65. The van der Waals surface area contributed by atoms with E-state index in [0.717, 1.165) is 0 Å². The molecule has 1 unspecified atom stereocenters. The van der Waals surface area contributed by atoms with Gasteiger partial charge in [0, 0.05) is 6.42 Å². The maximum absolute atomic E-state index is 10.4. The van der Waals surface area contributed by atoms with Crippen LogP contribution >= 0.6 is 0 Å². The molecule has 1 aliphatic heterocycles. The average molecular weight is 131 g/mol. The lowest BCUT2D eigenvalue weighted by atomic mass is 10.1. The molecule has 1 fully saturated rings. The van der Waals surface area contributed by atoms with Crippen LogP contribution in [0.1, 0.15) is 12.8 Å². The van der Waals surface area contributed by atoms with Gasteiger partial charge in [-0.25, -0.2) is 0 Å². The van der Waals surface area contributed by atoms with E-state index in [0.29, 0.717) is 6.42 Å². The van der Waals surface area contributed by atoms with Gasteiger partial charge in [0.25, 0.3) is 0 Å². The quantitative estimate of drug-likeness (QED) is 0.325. The molecule has 4 heteroatoms. The highest BCUT2D eigenvalue weighted by atomic mass is 16.5. The Kier molecular flexibility index (Phi) is 1.42. The molecular formula is C5H9NO3. The van der Waals surface area contributed by atoms with Crippen LogP contribution in [0, 0.1) is 0 Å². The average Bonchev–Trinajstić information content (AvgIpc) is 1.60. The molecule has 0 radical (unpaired) electrons. The van der Waals surface area contributed by atoms with Crippen LogP contribution in [0.4, 0.5) is 0 Å². The van der Waals surface area contributed by atoms with E-state index in [2.05, 4.69) is 4.74 Å². The molecule has 0 bridgehead atoms. The first-order chi connectivity index (χ1) is 4.10. The van der Waals surface area contributed by atoms with Crippen molar-refractivity contribution < 1.29 is 14.6 Å². The molecule has 1 saturated heterocycles. The van der Waals surface area contributed by atoms with Crippen molar-refractivity contribution in [2.24, 2.45) is 5.73 Å². The maximum atomic E-state index is 10.4. The van der Waals surface area contributed by atoms with Crippen LogP contribution in [0.25, 0.3) is 0 Å². The fourth-order valence-corrected chi connectivity index (χ4v) is 0.731. The monoisotopic (exact) mass is 131 g/mol. The number of aliphatic hydroxyl groups is 1. The molecule has 1 atom stereocenters. The number of ether oxygens (including phenoxy) is 1. The Balaban J connectivity index is 2.51. The summed E-state index contributed by atoms with van der Waals surface area (Å²) in [6.45, 7) is 0.228. The predicted octanol–water partition coefficient (Wildman–Crippen LogP) is -1.03. The molecule has 0 aromatic heterocycles. The summed E-state index contributed by atoms with van der Waals surface area (Å²) < 4.78 is 4.53. The summed E-state index contributed by atoms with van der Waals surface area (Å²) >= 11 is 0. The molecule has 0 aromatic carbocycles. The molecule has 52 valence electrons. The Morgan fingerprint density at radius 3 is 2.78 bits per heavy atom. The molecule has 4 nitrogen and oxygen atoms in total. The SMILES string of the molecule is NC1(O)CCOC(=O)C1. The smallest absolute Gasteiger partial charge is 0.310 e. The lowest BCUT2D eigenvalue weighted by Crippen LogP contribution is -2.46. The van der Waals surface area contributed by atoms with Gasteiger partial charge in [0.05, 0.1) is 13.0 Å². The van der Waals surface area contributed by atoms with Crippen molar-refractivity contribution in [1.82, 2.24) is 0 Å². The molecule has 1 heterocycles. The minimum Gasteiger partial charge on any atom is -0.465 e. The van der Waals surface area contributed by atoms with Crippen molar-refractivity contribution in [2.75, 3.05) is 6.61 Å². The van der Waals surface area contributed by atoms with Crippen LogP contribution in [0.3, 0.4) is 0 Å². The molecule has 9 heavy (non-hydrogen) atoms. The van der Waals surface area contributed by atoms with Crippen LogP contribution in [0.2, 0.25) is 0 Å². The van der Waals surface area contributed by atoms with Crippen LogP contribution in [-0.4, -0.2) is 23.4 Å². The van der Waals surface area contributed by atoms with Crippen LogP contribution in [-0.2, 0) is 9.53 Å². The van der Waals surface area contributed by atoms with Gasteiger partial charge in [-0.1, -0.05) is 0 Å². The van der Waals surface area contributed by atoms with Crippen molar-refractivity contribution in [3.63, 3.8) is 0 Å². The molecule has 3 N–H and O–H groups in total. The fourth-order valence-electron chi connectivity index (χ4n) is 0.731. The van der Waals surface area contributed by atoms with Crippen molar-refractivity contribution >= 4 is 5.97 Å². The zero-order valence-electron chi connectivity index (χ0n) is 4.96. The Hall–Kier alpha value is -0.610. The summed E-state index contributed by atoms with van der Waals surface area (Å²) in [5.74, 6) is -0.425. The number of nitrogens with two attached hydrogens (primary N) is 1. The van der Waals surface area contributed by atoms with E-state index < -0.39 is 11.7 Å². The molecule has 0 amide bonds. The maximum Gasteiger partial charge on any atom is 0.310 e. The van der Waals surface area contributed by atoms with Gasteiger partial charge in [-0.3, -0.25) is 4.79 Å². The topological polar surface area (TPSA) is 72.6 Å². The van der Waals surface area contributed by atoms with Crippen LogP contribution < -0.4 is 5.73 Å². The first-order valence-electron chi connectivity index (χ1n) is 2.77. The van der Waals surface area contributed by atoms with E-state index in [4.69, 9.17) is 10.8 Å². The minimum atomic E-state index is -1.32. The van der Waals surface area contributed by atoms with Gasteiger partial charge in [-0.05, 0) is 0 Å². The minimum absolute atomic E-state index is 0.0903. The number of esters is 1. The van der Waals surface area contributed by atoms with E-state index >= 15 is 0 Å². The number of rotatable bonds is 0. The first-order valence-corrected chi connectivity index (χ1v) is 2.77. The van der Waals surface area contributed by atoms with Gasteiger partial charge in [0.15, 0.2) is 0 Å². The van der Waals surface area contributed by atoms with Crippen molar-refractivity contribution in [2.45, 2.75) is 18.6 Å². The highest BCUT2D eigenvalue weighted by Gasteiger charge is 2.30. The summed E-state index contributed by atoms with van der Waals surface area (Å²) in [5, 5.41) is 9.02. The second kappa shape index (κ2) is 1.97. The molecule has 0 aromatic rings. The standard InChI is InChI=1S/C5H9NO3/c6-5(8)1-2-9-4(7)3-5/h8H,1-3,6H2. The lowest BCUT2D eigenvalue weighted by Gasteiger charge is -2.26. The highest BCUT2D eigenvalue weighted by molar-refractivity contribution is 5.71. The zero-order valence-corrected chi connectivity index (χ0v) is 4.96. The summed E-state index contributed by atoms with van der Waals surface area (Å²) in [5.41, 5.74) is 3.90. The summed E-state index contributed by atoms with van der Waals surface area (Å²) in [4.78, 5) is 10.4. The van der Waals surface area contributed by atoms with Gasteiger partial charge in [-0.2, -0.15) is 0 Å². The Morgan fingerprint density at radius 1 is 1.78 bits per heavy atom. The van der Waals surface area contributed by atoms with Crippen molar-refractivity contribution in [3.8, 4) is 0 Å². The number of hydrogen-bond acceptors (Lipinski definition) is 4. The van der Waals surface area contributed by atoms with Gasteiger partial charge in [0.1, 0.15) is 5.72 Å². The van der Waals surface area contributed by atoms with Crippen LogP contribution in [0.15, 0.2) is 0 Å². The van der Waals surface area contributed by atoms with Crippen molar-refractivity contribution in [1.29, 1.82) is 0 Å². The normalized spacial score (nSPS) is 36.0. The fraction of sp³-hybridized carbons (Fsp3) is 0.800. The summed E-state index contributed by atoms with van der Waals surface area (Å²) in [6, 6.07) is 0. The number of carbonyl (C=O) groups excluding carboxylic acids is 1. The third-order valence-corrected chi connectivity index (χ3v) is 1.25. The lowest BCUT2D eigenvalue weighted by molar-refractivity contribution is -0.158. The van der Waals surface area contributed by atoms with E-state index in [1.54, 1.807) is 0 Å². The third-order valence-electron chi connectivity index (χ3n) is 1.25. The van der Waals surface area contributed by atoms with E-state index in [1.165, 1.54) is 0 Å². The summed E-state index contributed by atoms with van der Waals surface area (Å²) in [7, 11) is 0. The molecule has 0 aliphatic carbocycles. The molecule has 0 saturated carbocycles. The van der Waals surface area contributed by atoms with E-state index in [-0.39, 0.29) is 13.0 Å². The predicted molar refractivity (Wildman–Crippen MR) is 29.3 cm³/mol. The molecular weight excluding hydrogens is 122 g/mol. The Bertz CT molecular complexity index is 132. The number of hydrogen-bond donors (Lipinski definition) is 2. The summed E-state index contributed by atoms with van der Waals surface area (Å²) in [6.07, 6.45) is 0.242. The molecule has 1 aliphatic rings. The first kappa shape index (κ1) is 6.51. The Labute approximate surface area is 52.6 Å². The molecule has 0 spiro atoms. The second-order valence-corrected chi connectivity index (χ2v) is 2.25. The van der Waals surface area contributed by atoms with Gasteiger partial charge in [0.2, 0.25) is 0 Å². The van der Waals surface area contributed by atoms with E-state index in [1.807, 2.05) is 0 Å². The Morgan fingerprint density at radius 2 is 2.44 bits per heavy atom. The van der Waals surface area contributed by atoms with Gasteiger partial charge < -0.3 is 15.6 Å². The zero-order chi connectivity index (χ0) is 6.91. The largest absolute Gasteiger partial charge is 0.465 e. The van der Waals surface area contributed by atoms with Crippen LogP contribution in [0.5, 0.6) is 0 Å². The van der Waals surface area contributed by atoms with Gasteiger partial charge >= 0.3 is 5.97 Å².